The van der Waals surface area contributed by atoms with Gasteiger partial charge in [-0.15, -0.1) is 0 Å². The zero-order valence-corrected chi connectivity index (χ0v) is 10.1. The van der Waals surface area contributed by atoms with Crippen molar-refractivity contribution < 1.29 is 9.90 Å². The van der Waals surface area contributed by atoms with Crippen LogP contribution in [0.2, 0.25) is 0 Å². The van der Waals surface area contributed by atoms with Gasteiger partial charge in [0.1, 0.15) is 10.7 Å². The maximum Gasteiger partial charge on any atom is 0.354 e. The monoisotopic (exact) mass is 245 g/mol. The maximum absolute atomic E-state index is 10.8. The van der Waals surface area contributed by atoms with E-state index in [2.05, 4.69) is 4.98 Å². The van der Waals surface area contributed by atoms with Gasteiger partial charge in [-0.2, -0.15) is 0 Å². The third-order valence-electron chi connectivity index (χ3n) is 2.19. The molecule has 1 N–H and O–H groups in total. The molecule has 0 amide bonds. The number of benzene rings is 1. The van der Waals surface area contributed by atoms with E-state index in [4.69, 9.17) is 5.11 Å². The van der Waals surface area contributed by atoms with E-state index < -0.39 is 5.97 Å². The molecule has 3 nitrogen and oxygen atoms in total. The number of aromatic nitrogens is 1. The average molecular weight is 245 g/mol. The van der Waals surface area contributed by atoms with Crippen LogP contribution in [0, 0.1) is 6.92 Å². The molecule has 2 aromatic rings. The van der Waals surface area contributed by atoms with Gasteiger partial charge in [0, 0.05) is 4.90 Å². The van der Waals surface area contributed by atoms with Gasteiger partial charge in [0.15, 0.2) is 0 Å². The maximum atomic E-state index is 10.8. The highest BCUT2D eigenvalue weighted by atomic mass is 32.2. The van der Waals surface area contributed by atoms with E-state index in [1.54, 1.807) is 12.1 Å². The van der Waals surface area contributed by atoms with Crippen LogP contribution in [0.3, 0.4) is 0 Å². The van der Waals surface area contributed by atoms with E-state index in [-0.39, 0.29) is 5.69 Å². The van der Waals surface area contributed by atoms with Gasteiger partial charge < -0.3 is 5.11 Å². The zero-order valence-electron chi connectivity index (χ0n) is 9.25. The van der Waals surface area contributed by atoms with E-state index in [1.807, 2.05) is 31.2 Å². The number of pyridine rings is 1. The molecule has 0 aliphatic rings. The normalized spacial score (nSPS) is 10.2. The largest absolute Gasteiger partial charge is 0.477 e. The van der Waals surface area contributed by atoms with Crippen molar-refractivity contribution in [1.29, 1.82) is 0 Å². The molecule has 0 unspecified atom stereocenters. The Morgan fingerprint density at radius 2 is 1.88 bits per heavy atom. The van der Waals surface area contributed by atoms with Crippen LogP contribution >= 0.6 is 11.8 Å². The van der Waals surface area contributed by atoms with Gasteiger partial charge in [0.2, 0.25) is 0 Å². The Kier molecular flexibility index (Phi) is 3.44. The predicted octanol–water partition coefficient (Wildman–Crippen LogP) is 3.24. The quantitative estimate of drug-likeness (QED) is 0.901. The molecule has 2 rings (SSSR count). The lowest BCUT2D eigenvalue weighted by Gasteiger charge is -2.02. The molecule has 0 spiro atoms. The smallest absolute Gasteiger partial charge is 0.354 e. The second-order valence-electron chi connectivity index (χ2n) is 3.58. The number of hydrogen-bond acceptors (Lipinski definition) is 3. The van der Waals surface area contributed by atoms with Crippen LogP contribution in [0.1, 0.15) is 16.1 Å². The fourth-order valence-corrected chi connectivity index (χ4v) is 2.12. The van der Waals surface area contributed by atoms with E-state index in [0.29, 0.717) is 5.03 Å². The van der Waals surface area contributed by atoms with Gasteiger partial charge in [-0.25, -0.2) is 9.78 Å². The topological polar surface area (TPSA) is 50.2 Å². The summed E-state index contributed by atoms with van der Waals surface area (Å²) in [5.41, 5.74) is 1.27. The van der Waals surface area contributed by atoms with E-state index in [0.717, 1.165) is 4.90 Å². The van der Waals surface area contributed by atoms with Crippen molar-refractivity contribution in [3.05, 3.63) is 53.7 Å². The van der Waals surface area contributed by atoms with Crippen molar-refractivity contribution >= 4 is 17.7 Å². The lowest BCUT2D eigenvalue weighted by Crippen LogP contribution is -1.99. The summed E-state index contributed by atoms with van der Waals surface area (Å²) in [6.07, 6.45) is 0. The SMILES string of the molecule is Cc1ccc(Sc2cccc(C(=O)O)n2)cc1. The highest BCUT2D eigenvalue weighted by Gasteiger charge is 2.05. The molecule has 0 atom stereocenters. The van der Waals surface area contributed by atoms with Crippen LogP contribution in [0.4, 0.5) is 0 Å². The van der Waals surface area contributed by atoms with Crippen LogP contribution < -0.4 is 0 Å². The molecular weight excluding hydrogens is 234 g/mol. The lowest BCUT2D eigenvalue weighted by molar-refractivity contribution is 0.0689. The van der Waals surface area contributed by atoms with E-state index >= 15 is 0 Å². The van der Waals surface area contributed by atoms with Gasteiger partial charge >= 0.3 is 5.97 Å². The molecule has 0 saturated carbocycles. The second-order valence-corrected chi connectivity index (χ2v) is 4.68. The first kappa shape index (κ1) is 11.7. The number of hydrogen-bond donors (Lipinski definition) is 1. The summed E-state index contributed by atoms with van der Waals surface area (Å²) in [7, 11) is 0. The fraction of sp³-hybridized carbons (Fsp3) is 0.0769. The van der Waals surface area contributed by atoms with Crippen molar-refractivity contribution in [3.8, 4) is 0 Å². The standard InChI is InChI=1S/C13H11NO2S/c1-9-5-7-10(8-6-9)17-12-4-2-3-11(14-12)13(15)16/h2-8H,1H3,(H,15,16). The Balaban J connectivity index is 2.21. The number of nitrogens with zero attached hydrogens (tertiary/aromatic N) is 1. The molecule has 0 aliphatic heterocycles. The van der Waals surface area contributed by atoms with Gasteiger partial charge in [-0.3, -0.25) is 0 Å². The molecule has 17 heavy (non-hydrogen) atoms. The number of aromatic carboxylic acids is 1. The van der Waals surface area contributed by atoms with E-state index in [1.165, 1.54) is 23.4 Å². The first-order valence-corrected chi connectivity index (χ1v) is 5.92. The summed E-state index contributed by atoms with van der Waals surface area (Å²) in [5, 5.41) is 9.53. The minimum atomic E-state index is -1.00. The molecule has 86 valence electrons. The fourth-order valence-electron chi connectivity index (χ4n) is 1.32. The minimum absolute atomic E-state index is 0.0714. The molecule has 0 aliphatic carbocycles. The van der Waals surface area contributed by atoms with Gasteiger partial charge in [0.25, 0.3) is 0 Å². The highest BCUT2D eigenvalue weighted by Crippen LogP contribution is 2.26. The Morgan fingerprint density at radius 3 is 2.53 bits per heavy atom. The van der Waals surface area contributed by atoms with Gasteiger partial charge in [0.05, 0.1) is 0 Å². The molecule has 0 fully saturated rings. The molecule has 0 radical (unpaired) electrons. The molecule has 0 bridgehead atoms. The summed E-state index contributed by atoms with van der Waals surface area (Å²) < 4.78 is 0. The third-order valence-corrected chi connectivity index (χ3v) is 3.13. The van der Waals surface area contributed by atoms with Gasteiger partial charge in [-0.1, -0.05) is 35.5 Å². The molecule has 1 heterocycles. The molecule has 1 aromatic heterocycles. The Labute approximate surface area is 104 Å². The van der Waals surface area contributed by atoms with Crippen LogP contribution in [0.5, 0.6) is 0 Å². The highest BCUT2D eigenvalue weighted by molar-refractivity contribution is 7.99. The van der Waals surface area contributed by atoms with E-state index in [9.17, 15) is 4.79 Å². The lowest BCUT2D eigenvalue weighted by atomic mass is 10.2. The van der Waals surface area contributed by atoms with Crippen molar-refractivity contribution in [3.63, 3.8) is 0 Å². The Morgan fingerprint density at radius 1 is 1.18 bits per heavy atom. The predicted molar refractivity (Wildman–Crippen MR) is 66.5 cm³/mol. The summed E-state index contributed by atoms with van der Waals surface area (Å²) >= 11 is 1.45. The summed E-state index contributed by atoms with van der Waals surface area (Å²) in [5.74, 6) is -1.00. The Hall–Kier alpha value is -1.81. The summed E-state index contributed by atoms with van der Waals surface area (Å²) in [6.45, 7) is 2.03. The number of carboxylic acids is 1. The number of carbonyl (C=O) groups is 1. The first-order valence-electron chi connectivity index (χ1n) is 5.10. The van der Waals surface area contributed by atoms with Crippen molar-refractivity contribution in [2.24, 2.45) is 0 Å². The van der Waals surface area contributed by atoms with Crippen LogP contribution in [-0.4, -0.2) is 16.1 Å². The summed E-state index contributed by atoms with van der Waals surface area (Å²) in [4.78, 5) is 15.9. The molecule has 0 saturated heterocycles. The molecule has 4 heteroatoms. The summed E-state index contributed by atoms with van der Waals surface area (Å²) in [6, 6.07) is 13.0. The first-order chi connectivity index (χ1) is 8.15. The number of rotatable bonds is 3. The third kappa shape index (κ3) is 3.07. The minimum Gasteiger partial charge on any atom is -0.477 e. The van der Waals surface area contributed by atoms with Crippen molar-refractivity contribution in [2.45, 2.75) is 16.8 Å². The van der Waals surface area contributed by atoms with Gasteiger partial charge in [-0.05, 0) is 31.2 Å². The number of carboxylic acid groups (broad SMARTS) is 1. The molecular formula is C13H11NO2S. The second kappa shape index (κ2) is 5.01. The van der Waals surface area contributed by atoms with Crippen LogP contribution in [0.25, 0.3) is 0 Å². The Bertz CT molecular complexity index is 537. The van der Waals surface area contributed by atoms with Crippen molar-refractivity contribution in [2.75, 3.05) is 0 Å². The zero-order chi connectivity index (χ0) is 12.3. The molecule has 1 aromatic carbocycles. The number of aryl methyl sites for hydroxylation is 1. The average Bonchev–Trinajstić information content (AvgIpc) is 2.32. The van der Waals surface area contributed by atoms with Crippen molar-refractivity contribution in [1.82, 2.24) is 4.98 Å². The van der Waals surface area contributed by atoms with Crippen LogP contribution in [0.15, 0.2) is 52.4 Å². The van der Waals surface area contributed by atoms with Crippen LogP contribution in [-0.2, 0) is 0 Å².